The zero-order chi connectivity index (χ0) is 25.2. The molecule has 6 rings (SSSR count). The lowest BCUT2D eigenvalue weighted by Gasteiger charge is -2.02. The molecule has 0 bridgehead atoms. The Morgan fingerprint density at radius 3 is 1.69 bits per heavy atom. The summed E-state index contributed by atoms with van der Waals surface area (Å²) in [7, 11) is 6.41. The average Bonchev–Trinajstić information content (AvgIpc) is 3.23. The second kappa shape index (κ2) is 9.09. The van der Waals surface area contributed by atoms with Crippen LogP contribution in [0, 0.1) is 49.0 Å². The summed E-state index contributed by atoms with van der Waals surface area (Å²) in [5, 5.41) is 5.35. The number of rotatable bonds is 0. The van der Waals surface area contributed by atoms with E-state index in [1.165, 1.54) is 66.1 Å². The van der Waals surface area contributed by atoms with E-state index in [1.807, 2.05) is 0 Å². The summed E-state index contributed by atoms with van der Waals surface area (Å²) >= 11 is 0. The molecule has 0 aliphatic carbocycles. The fourth-order valence-corrected chi connectivity index (χ4v) is 5.61. The van der Waals surface area contributed by atoms with Crippen molar-refractivity contribution in [2.75, 3.05) is 0 Å². The molecule has 4 nitrogen and oxygen atoms in total. The molecule has 0 amide bonds. The molecule has 4 heterocycles. The smallest absolute Gasteiger partial charge is 0.202 e. The molecule has 4 aromatic heterocycles. The van der Waals surface area contributed by atoms with E-state index in [0.717, 1.165) is 11.4 Å². The van der Waals surface area contributed by atoms with Crippen LogP contribution in [0.25, 0.3) is 43.6 Å². The van der Waals surface area contributed by atoms with Gasteiger partial charge in [0.1, 0.15) is 12.6 Å². The summed E-state index contributed by atoms with van der Waals surface area (Å²) in [5.74, 6) is 0. The lowest BCUT2D eigenvalue weighted by molar-refractivity contribution is -0.682. The van der Waals surface area contributed by atoms with Crippen LogP contribution in [0.5, 0.6) is 0 Å². The standard InChI is InChI=1S/C16H19N2.C15H16N2.CH3/c1-10-6-7-13-14-9-11(2)17(4)12(3)16(14)18(5)15(13)8-10;1-9-5-6-12-13-8-10(2)16-11(3)15(13)17(4)14(12)7-9;/h6-9H,1-5H3;5-8H,1-4H3;1H3/q+1;;-1. The molecule has 0 atom stereocenters. The van der Waals surface area contributed by atoms with Crippen molar-refractivity contribution in [3.05, 3.63) is 89.9 Å². The van der Waals surface area contributed by atoms with Crippen molar-refractivity contribution in [3.8, 4) is 0 Å². The van der Waals surface area contributed by atoms with Crippen LogP contribution in [0.4, 0.5) is 0 Å². The van der Waals surface area contributed by atoms with Gasteiger partial charge >= 0.3 is 0 Å². The highest BCUT2D eigenvalue weighted by Gasteiger charge is 2.18. The van der Waals surface area contributed by atoms with Gasteiger partial charge in [-0.05, 0) is 57.0 Å². The Morgan fingerprint density at radius 1 is 0.639 bits per heavy atom. The zero-order valence-electron chi connectivity index (χ0n) is 23.4. The second-order valence-corrected chi connectivity index (χ2v) is 10.1. The molecule has 36 heavy (non-hydrogen) atoms. The number of nitrogens with zero attached hydrogens (tertiary/aromatic N) is 4. The summed E-state index contributed by atoms with van der Waals surface area (Å²) in [6.07, 6.45) is 0. The molecule has 0 N–H and O–H groups in total. The Bertz CT molecular complexity index is 1780. The van der Waals surface area contributed by atoms with Crippen LogP contribution in [0.3, 0.4) is 0 Å². The van der Waals surface area contributed by atoms with E-state index in [9.17, 15) is 0 Å². The van der Waals surface area contributed by atoms with Gasteiger partial charge in [-0.3, -0.25) is 4.98 Å². The maximum absolute atomic E-state index is 4.56. The number of hydrogen-bond acceptors (Lipinski definition) is 1. The third-order valence-electron chi connectivity index (χ3n) is 7.56. The van der Waals surface area contributed by atoms with Gasteiger partial charge < -0.3 is 16.6 Å². The topological polar surface area (TPSA) is 26.6 Å². The van der Waals surface area contributed by atoms with Gasteiger partial charge in [-0.25, -0.2) is 4.57 Å². The first-order chi connectivity index (χ1) is 16.6. The first-order valence-corrected chi connectivity index (χ1v) is 12.3. The first-order valence-electron chi connectivity index (χ1n) is 12.3. The van der Waals surface area contributed by atoms with Gasteiger partial charge in [0.2, 0.25) is 5.69 Å². The number of fused-ring (bicyclic) bond motifs is 6. The van der Waals surface area contributed by atoms with Crippen LogP contribution in [-0.2, 0) is 21.1 Å². The number of aromatic nitrogens is 4. The largest absolute Gasteiger partial charge is 0.358 e. The number of aryl methyl sites for hydroxylation is 8. The minimum absolute atomic E-state index is 0. The van der Waals surface area contributed by atoms with Crippen LogP contribution < -0.4 is 4.57 Å². The maximum atomic E-state index is 4.56. The summed E-state index contributed by atoms with van der Waals surface area (Å²) in [4.78, 5) is 4.56. The summed E-state index contributed by atoms with van der Waals surface area (Å²) < 4.78 is 6.82. The molecule has 0 aliphatic heterocycles. The molecule has 4 heteroatoms. The molecule has 0 saturated carbocycles. The molecule has 0 saturated heterocycles. The Balaban J connectivity index is 0.000000165. The van der Waals surface area contributed by atoms with Crippen LogP contribution in [-0.4, -0.2) is 14.1 Å². The zero-order valence-corrected chi connectivity index (χ0v) is 23.4. The van der Waals surface area contributed by atoms with Crippen LogP contribution in [0.15, 0.2) is 48.5 Å². The quantitative estimate of drug-likeness (QED) is 0.168. The third-order valence-corrected chi connectivity index (χ3v) is 7.56. The van der Waals surface area contributed by atoms with E-state index in [-0.39, 0.29) is 7.43 Å². The Kier molecular flexibility index (Phi) is 6.42. The van der Waals surface area contributed by atoms with Crippen molar-refractivity contribution < 1.29 is 4.57 Å². The fourth-order valence-electron chi connectivity index (χ4n) is 5.61. The highest BCUT2D eigenvalue weighted by atomic mass is 15.0. The maximum Gasteiger partial charge on any atom is 0.202 e. The molecule has 0 unspecified atom stereocenters. The molecule has 0 aliphatic rings. The van der Waals surface area contributed by atoms with Crippen molar-refractivity contribution in [3.63, 3.8) is 0 Å². The van der Waals surface area contributed by atoms with Gasteiger partial charge in [-0.2, -0.15) is 0 Å². The van der Waals surface area contributed by atoms with Crippen molar-refractivity contribution >= 4 is 43.6 Å². The molecular weight excluding hydrogens is 440 g/mol. The van der Waals surface area contributed by atoms with Gasteiger partial charge in [0.05, 0.1) is 11.2 Å². The van der Waals surface area contributed by atoms with Crippen LogP contribution in [0.2, 0.25) is 0 Å². The Morgan fingerprint density at radius 2 is 1.14 bits per heavy atom. The van der Waals surface area contributed by atoms with Crippen LogP contribution >= 0.6 is 0 Å². The molecule has 6 aromatic rings. The third kappa shape index (κ3) is 3.85. The van der Waals surface area contributed by atoms with E-state index in [1.54, 1.807) is 0 Å². The van der Waals surface area contributed by atoms with Crippen molar-refractivity contribution in [2.45, 2.75) is 41.5 Å². The van der Waals surface area contributed by atoms with Crippen molar-refractivity contribution in [1.82, 2.24) is 14.1 Å². The molecule has 2 aromatic carbocycles. The first kappa shape index (κ1) is 25.4. The van der Waals surface area contributed by atoms with Gasteiger partial charge in [-0.1, -0.05) is 24.3 Å². The van der Waals surface area contributed by atoms with E-state index in [4.69, 9.17) is 0 Å². The van der Waals surface area contributed by atoms with E-state index < -0.39 is 0 Å². The lowest BCUT2D eigenvalue weighted by Crippen LogP contribution is -2.35. The SMILES string of the molecule is Cc1ccc2c3cc(C)[n+](C)c(C)c3n(C)c2c1.Cc1ccc2c3cc(C)nc(C)c3n(C)c2c1.[CH3-]. The lowest BCUT2D eigenvalue weighted by atomic mass is 10.1. The van der Waals surface area contributed by atoms with Crippen LogP contribution in [0.1, 0.15) is 33.9 Å². The fraction of sp³-hybridized carbons (Fsp3) is 0.281. The molecular formula is C32H38N4. The Hall–Kier alpha value is -3.66. The highest BCUT2D eigenvalue weighted by Crippen LogP contribution is 2.31. The number of pyridine rings is 2. The second-order valence-electron chi connectivity index (χ2n) is 10.1. The summed E-state index contributed by atoms with van der Waals surface area (Å²) in [6, 6.07) is 17.8. The van der Waals surface area contributed by atoms with E-state index in [0.29, 0.717) is 0 Å². The summed E-state index contributed by atoms with van der Waals surface area (Å²) in [6.45, 7) is 12.8. The van der Waals surface area contributed by atoms with Crippen molar-refractivity contribution in [1.29, 1.82) is 0 Å². The van der Waals surface area contributed by atoms with Gasteiger partial charge in [0.15, 0.2) is 5.69 Å². The molecule has 0 radical (unpaired) electrons. The van der Waals surface area contributed by atoms with E-state index in [2.05, 4.69) is 130 Å². The highest BCUT2D eigenvalue weighted by molar-refractivity contribution is 6.09. The predicted octanol–water partition coefficient (Wildman–Crippen LogP) is 7.18. The number of benzene rings is 2. The number of hydrogen-bond donors (Lipinski definition) is 0. The molecule has 0 fully saturated rings. The minimum atomic E-state index is 0. The Labute approximate surface area is 214 Å². The predicted molar refractivity (Wildman–Crippen MR) is 155 cm³/mol. The van der Waals surface area contributed by atoms with Gasteiger partial charge in [-0.15, -0.1) is 0 Å². The van der Waals surface area contributed by atoms with Gasteiger partial charge in [0.25, 0.3) is 0 Å². The van der Waals surface area contributed by atoms with Gasteiger partial charge in [0, 0.05) is 72.3 Å². The average molecular weight is 479 g/mol. The summed E-state index contributed by atoms with van der Waals surface area (Å²) in [5.41, 5.74) is 12.6. The normalized spacial score (nSPS) is 11.2. The monoisotopic (exact) mass is 478 g/mol. The molecule has 186 valence electrons. The minimum Gasteiger partial charge on any atom is -0.358 e. The van der Waals surface area contributed by atoms with E-state index >= 15 is 0 Å². The van der Waals surface area contributed by atoms with Crippen molar-refractivity contribution in [2.24, 2.45) is 21.1 Å². The molecule has 0 spiro atoms.